The van der Waals surface area contributed by atoms with E-state index in [4.69, 9.17) is 5.73 Å². The van der Waals surface area contributed by atoms with Crippen LogP contribution in [0.5, 0.6) is 0 Å². The molecular formula is C15H31N3O. The summed E-state index contributed by atoms with van der Waals surface area (Å²) in [6, 6.07) is 0.182. The third-order valence-electron chi connectivity index (χ3n) is 3.92. The van der Waals surface area contributed by atoms with Crippen molar-refractivity contribution in [3.8, 4) is 0 Å². The summed E-state index contributed by atoms with van der Waals surface area (Å²) in [6.07, 6.45) is 11.0. The number of likely N-dealkylation sites (tertiary alicyclic amines) is 1. The van der Waals surface area contributed by atoms with E-state index in [0.717, 1.165) is 32.4 Å². The number of aliphatic imine (C=N–C) groups is 1. The van der Waals surface area contributed by atoms with Crippen LogP contribution in [0.2, 0.25) is 0 Å². The van der Waals surface area contributed by atoms with E-state index in [9.17, 15) is 5.11 Å². The van der Waals surface area contributed by atoms with Crippen molar-refractivity contribution in [2.75, 3.05) is 19.7 Å². The molecule has 112 valence electrons. The van der Waals surface area contributed by atoms with E-state index in [1.165, 1.54) is 38.5 Å². The van der Waals surface area contributed by atoms with Crippen LogP contribution in [0.3, 0.4) is 0 Å². The number of guanidine groups is 1. The Morgan fingerprint density at radius 3 is 2.68 bits per heavy atom. The van der Waals surface area contributed by atoms with Crippen LogP contribution in [-0.2, 0) is 0 Å². The van der Waals surface area contributed by atoms with Crippen LogP contribution in [-0.4, -0.2) is 41.7 Å². The zero-order valence-electron chi connectivity index (χ0n) is 12.5. The number of nitrogens with two attached hydrogens (primary N) is 1. The number of hydrogen-bond acceptors (Lipinski definition) is 2. The first-order chi connectivity index (χ1) is 9.29. The number of unbranched alkanes of at least 4 members (excludes halogenated alkanes) is 5. The molecule has 19 heavy (non-hydrogen) atoms. The molecule has 0 aromatic rings. The Morgan fingerprint density at radius 1 is 1.21 bits per heavy atom. The normalized spacial score (nSPS) is 20.8. The van der Waals surface area contributed by atoms with E-state index in [2.05, 4.69) is 16.8 Å². The molecule has 0 bridgehead atoms. The van der Waals surface area contributed by atoms with Gasteiger partial charge in [-0.05, 0) is 25.7 Å². The summed E-state index contributed by atoms with van der Waals surface area (Å²) in [6.45, 7) is 4.19. The molecule has 4 nitrogen and oxygen atoms in total. The molecule has 0 saturated carbocycles. The lowest BCUT2D eigenvalue weighted by molar-refractivity contribution is 0.145. The van der Waals surface area contributed by atoms with Gasteiger partial charge in [-0.1, -0.05) is 39.0 Å². The van der Waals surface area contributed by atoms with E-state index in [0.29, 0.717) is 5.96 Å². The fourth-order valence-electron chi connectivity index (χ4n) is 2.67. The van der Waals surface area contributed by atoms with Crippen LogP contribution < -0.4 is 5.73 Å². The molecule has 1 aliphatic heterocycles. The van der Waals surface area contributed by atoms with Gasteiger partial charge in [-0.25, -0.2) is 0 Å². The summed E-state index contributed by atoms with van der Waals surface area (Å²) < 4.78 is 0. The molecular weight excluding hydrogens is 238 g/mol. The highest BCUT2D eigenvalue weighted by Crippen LogP contribution is 2.16. The number of aliphatic hydroxyl groups is 1. The van der Waals surface area contributed by atoms with Gasteiger partial charge in [0.2, 0.25) is 0 Å². The maximum Gasteiger partial charge on any atom is 0.191 e. The molecule has 1 atom stereocenters. The van der Waals surface area contributed by atoms with Crippen LogP contribution in [0.4, 0.5) is 0 Å². The SMILES string of the molecule is CCCCCCCCN=C(N)N1CCCCC1CO. The lowest BCUT2D eigenvalue weighted by Gasteiger charge is -2.35. The van der Waals surface area contributed by atoms with Crippen molar-refractivity contribution >= 4 is 5.96 Å². The quantitative estimate of drug-likeness (QED) is 0.404. The molecule has 0 amide bonds. The molecule has 0 aromatic heterocycles. The van der Waals surface area contributed by atoms with Crippen LogP contribution in [0.15, 0.2) is 4.99 Å². The zero-order chi connectivity index (χ0) is 13.9. The monoisotopic (exact) mass is 269 g/mol. The topological polar surface area (TPSA) is 61.8 Å². The number of aliphatic hydroxyl groups excluding tert-OH is 1. The number of nitrogens with zero attached hydrogens (tertiary/aromatic N) is 2. The summed E-state index contributed by atoms with van der Waals surface area (Å²) >= 11 is 0. The van der Waals surface area contributed by atoms with Gasteiger partial charge < -0.3 is 15.7 Å². The largest absolute Gasteiger partial charge is 0.394 e. The highest BCUT2D eigenvalue weighted by atomic mass is 16.3. The van der Waals surface area contributed by atoms with E-state index in [1.807, 2.05) is 0 Å². The maximum atomic E-state index is 9.35. The van der Waals surface area contributed by atoms with E-state index >= 15 is 0 Å². The van der Waals surface area contributed by atoms with Gasteiger partial charge in [0.1, 0.15) is 0 Å². The zero-order valence-corrected chi connectivity index (χ0v) is 12.5. The fourth-order valence-corrected chi connectivity index (χ4v) is 2.67. The number of piperidine rings is 1. The second-order valence-corrected chi connectivity index (χ2v) is 5.53. The second-order valence-electron chi connectivity index (χ2n) is 5.53. The first-order valence-corrected chi connectivity index (χ1v) is 7.97. The standard InChI is InChI=1S/C15H31N3O/c1-2-3-4-5-6-8-11-17-15(16)18-12-9-7-10-14(18)13-19/h14,19H,2-13H2,1H3,(H2,16,17). The van der Waals surface area contributed by atoms with E-state index < -0.39 is 0 Å². The summed E-state index contributed by atoms with van der Waals surface area (Å²) in [5, 5.41) is 9.35. The van der Waals surface area contributed by atoms with E-state index in [-0.39, 0.29) is 12.6 Å². The molecule has 0 aromatic carbocycles. The van der Waals surface area contributed by atoms with Crippen molar-refractivity contribution in [1.29, 1.82) is 0 Å². The van der Waals surface area contributed by atoms with Crippen LogP contribution in [0.25, 0.3) is 0 Å². The van der Waals surface area contributed by atoms with Gasteiger partial charge in [-0.2, -0.15) is 0 Å². The Hall–Kier alpha value is -0.770. The molecule has 0 spiro atoms. The molecule has 1 saturated heterocycles. The Balaban J connectivity index is 2.19. The summed E-state index contributed by atoms with van der Waals surface area (Å²) in [5.74, 6) is 0.632. The van der Waals surface area contributed by atoms with Crippen molar-refractivity contribution in [3.05, 3.63) is 0 Å². The molecule has 1 heterocycles. The summed E-state index contributed by atoms with van der Waals surface area (Å²) in [4.78, 5) is 6.56. The van der Waals surface area contributed by atoms with Crippen LogP contribution in [0.1, 0.15) is 64.7 Å². The first kappa shape index (κ1) is 16.3. The number of rotatable bonds is 8. The Labute approximate surface area is 118 Å². The van der Waals surface area contributed by atoms with Crippen molar-refractivity contribution in [2.45, 2.75) is 70.8 Å². The molecule has 1 rings (SSSR count). The van der Waals surface area contributed by atoms with E-state index in [1.54, 1.807) is 0 Å². The Bertz CT molecular complexity index is 256. The Kier molecular flexibility index (Phi) is 8.63. The smallest absolute Gasteiger partial charge is 0.191 e. The van der Waals surface area contributed by atoms with Crippen molar-refractivity contribution in [2.24, 2.45) is 10.7 Å². The van der Waals surface area contributed by atoms with Crippen LogP contribution >= 0.6 is 0 Å². The van der Waals surface area contributed by atoms with Gasteiger partial charge in [0.15, 0.2) is 5.96 Å². The summed E-state index contributed by atoms with van der Waals surface area (Å²) in [7, 11) is 0. The predicted molar refractivity (Wildman–Crippen MR) is 81.3 cm³/mol. The van der Waals surface area contributed by atoms with Gasteiger partial charge in [-0.3, -0.25) is 4.99 Å². The molecule has 1 fully saturated rings. The lowest BCUT2D eigenvalue weighted by Crippen LogP contribution is -2.49. The molecule has 0 aliphatic carbocycles. The highest BCUT2D eigenvalue weighted by Gasteiger charge is 2.22. The van der Waals surface area contributed by atoms with Gasteiger partial charge >= 0.3 is 0 Å². The van der Waals surface area contributed by atoms with Gasteiger partial charge in [-0.15, -0.1) is 0 Å². The minimum atomic E-state index is 0.182. The summed E-state index contributed by atoms with van der Waals surface area (Å²) in [5.41, 5.74) is 6.04. The predicted octanol–water partition coefficient (Wildman–Crippen LogP) is 2.51. The molecule has 1 aliphatic rings. The third-order valence-corrected chi connectivity index (χ3v) is 3.92. The molecule has 4 heteroatoms. The second kappa shape index (κ2) is 10.1. The maximum absolute atomic E-state index is 9.35. The van der Waals surface area contributed by atoms with Gasteiger partial charge in [0.25, 0.3) is 0 Å². The number of hydrogen-bond donors (Lipinski definition) is 2. The van der Waals surface area contributed by atoms with Gasteiger partial charge in [0, 0.05) is 13.1 Å². The first-order valence-electron chi connectivity index (χ1n) is 7.97. The lowest BCUT2D eigenvalue weighted by atomic mass is 10.0. The van der Waals surface area contributed by atoms with Crippen molar-refractivity contribution < 1.29 is 5.11 Å². The van der Waals surface area contributed by atoms with Gasteiger partial charge in [0.05, 0.1) is 12.6 Å². The minimum absolute atomic E-state index is 0.182. The molecule has 0 radical (unpaired) electrons. The van der Waals surface area contributed by atoms with Crippen LogP contribution in [0, 0.1) is 0 Å². The van der Waals surface area contributed by atoms with Crippen molar-refractivity contribution in [3.63, 3.8) is 0 Å². The Morgan fingerprint density at radius 2 is 1.95 bits per heavy atom. The molecule has 3 N–H and O–H groups in total. The average Bonchev–Trinajstić information content (AvgIpc) is 2.46. The molecule has 1 unspecified atom stereocenters. The average molecular weight is 269 g/mol. The minimum Gasteiger partial charge on any atom is -0.394 e. The highest BCUT2D eigenvalue weighted by molar-refractivity contribution is 5.78. The van der Waals surface area contributed by atoms with Crippen molar-refractivity contribution in [1.82, 2.24) is 4.90 Å². The fraction of sp³-hybridized carbons (Fsp3) is 0.933. The third kappa shape index (κ3) is 6.28.